The molecule has 1 unspecified atom stereocenters. The third-order valence-corrected chi connectivity index (χ3v) is 4.20. The molecule has 1 fully saturated rings. The monoisotopic (exact) mass is 236 g/mol. The average Bonchev–Trinajstić information content (AvgIpc) is 2.37. The summed E-state index contributed by atoms with van der Waals surface area (Å²) in [4.78, 5) is 0. The topological polar surface area (TPSA) is 49.8 Å². The predicted molar refractivity (Wildman–Crippen MR) is 72.8 cm³/mol. The lowest BCUT2D eigenvalue weighted by Gasteiger charge is -2.40. The molecule has 0 saturated heterocycles. The van der Waals surface area contributed by atoms with Gasteiger partial charge in [-0.1, -0.05) is 42.8 Å². The van der Waals surface area contributed by atoms with Gasteiger partial charge in [-0.2, -0.15) is 5.26 Å². The molecule has 3 rings (SSSR count). The van der Waals surface area contributed by atoms with Crippen LogP contribution < -0.4 is 5.73 Å². The van der Waals surface area contributed by atoms with Gasteiger partial charge in [0.15, 0.2) is 0 Å². The van der Waals surface area contributed by atoms with E-state index in [4.69, 9.17) is 5.73 Å². The third-order valence-electron chi connectivity index (χ3n) is 4.20. The summed E-state index contributed by atoms with van der Waals surface area (Å²) in [6.45, 7) is 0. The molecule has 1 aliphatic rings. The van der Waals surface area contributed by atoms with Gasteiger partial charge < -0.3 is 5.73 Å². The van der Waals surface area contributed by atoms with Crippen LogP contribution in [0, 0.1) is 16.7 Å². The van der Waals surface area contributed by atoms with Gasteiger partial charge in [0, 0.05) is 6.04 Å². The maximum absolute atomic E-state index is 9.35. The average molecular weight is 236 g/mol. The highest BCUT2D eigenvalue weighted by Crippen LogP contribution is 2.48. The molecule has 0 radical (unpaired) electrons. The molecule has 90 valence electrons. The molecule has 0 heterocycles. The van der Waals surface area contributed by atoms with Crippen molar-refractivity contribution < 1.29 is 0 Å². The summed E-state index contributed by atoms with van der Waals surface area (Å²) in [5.74, 6) is 0. The van der Waals surface area contributed by atoms with Crippen molar-refractivity contribution in [3.63, 3.8) is 0 Å². The van der Waals surface area contributed by atoms with Gasteiger partial charge in [0.1, 0.15) is 0 Å². The number of nitrogens with zero attached hydrogens (tertiary/aromatic N) is 1. The molecule has 0 amide bonds. The van der Waals surface area contributed by atoms with E-state index < -0.39 is 0 Å². The molecule has 2 N–H and O–H groups in total. The second-order valence-electron chi connectivity index (χ2n) is 5.21. The molecule has 1 saturated carbocycles. The molecule has 2 aromatic rings. The van der Waals surface area contributed by atoms with Gasteiger partial charge in [-0.05, 0) is 35.2 Å². The van der Waals surface area contributed by atoms with E-state index >= 15 is 0 Å². The van der Waals surface area contributed by atoms with Crippen LogP contribution in [0.15, 0.2) is 42.5 Å². The van der Waals surface area contributed by atoms with Gasteiger partial charge in [-0.3, -0.25) is 0 Å². The number of rotatable bonds is 2. The molecular formula is C16H16N2. The van der Waals surface area contributed by atoms with Crippen molar-refractivity contribution in [3.8, 4) is 6.07 Å². The fourth-order valence-electron chi connectivity index (χ4n) is 2.77. The molecule has 1 aliphatic carbocycles. The molecule has 0 aromatic heterocycles. The molecule has 0 spiro atoms. The van der Waals surface area contributed by atoms with E-state index in [2.05, 4.69) is 36.4 Å². The molecule has 1 atom stereocenters. The van der Waals surface area contributed by atoms with Crippen molar-refractivity contribution >= 4 is 10.8 Å². The Labute approximate surface area is 107 Å². The van der Waals surface area contributed by atoms with Crippen LogP contribution in [0.4, 0.5) is 0 Å². The summed E-state index contributed by atoms with van der Waals surface area (Å²) in [6.07, 6.45) is 2.98. The first kappa shape index (κ1) is 11.3. The Hall–Kier alpha value is -1.85. The van der Waals surface area contributed by atoms with Crippen LogP contribution in [-0.4, -0.2) is 0 Å². The van der Waals surface area contributed by atoms with Crippen molar-refractivity contribution in [1.82, 2.24) is 0 Å². The van der Waals surface area contributed by atoms with E-state index in [1.165, 1.54) is 10.8 Å². The zero-order valence-corrected chi connectivity index (χ0v) is 10.3. The molecule has 2 aromatic carbocycles. The third kappa shape index (κ3) is 1.60. The Bertz CT molecular complexity index is 620. The van der Waals surface area contributed by atoms with E-state index in [9.17, 15) is 5.26 Å². The summed E-state index contributed by atoms with van der Waals surface area (Å²) in [5, 5.41) is 11.8. The van der Waals surface area contributed by atoms with E-state index in [1.807, 2.05) is 12.1 Å². The lowest BCUT2D eigenvalue weighted by Crippen LogP contribution is -2.39. The van der Waals surface area contributed by atoms with Crippen LogP contribution in [0.5, 0.6) is 0 Å². The van der Waals surface area contributed by atoms with Crippen LogP contribution in [0.3, 0.4) is 0 Å². The fraction of sp³-hybridized carbons (Fsp3) is 0.312. The van der Waals surface area contributed by atoms with Crippen LogP contribution in [0.25, 0.3) is 10.8 Å². The number of fused-ring (bicyclic) bond motifs is 1. The number of benzene rings is 2. The lowest BCUT2D eigenvalue weighted by molar-refractivity contribution is 0.169. The first-order valence-electron chi connectivity index (χ1n) is 6.41. The molecule has 18 heavy (non-hydrogen) atoms. The zero-order valence-electron chi connectivity index (χ0n) is 10.3. The quantitative estimate of drug-likeness (QED) is 0.867. The van der Waals surface area contributed by atoms with Gasteiger partial charge in [-0.25, -0.2) is 0 Å². The summed E-state index contributed by atoms with van der Waals surface area (Å²) in [6, 6.07) is 16.8. The first-order valence-corrected chi connectivity index (χ1v) is 6.41. The van der Waals surface area contributed by atoms with Gasteiger partial charge in [0.05, 0.1) is 11.5 Å². The Kier molecular flexibility index (Phi) is 2.57. The van der Waals surface area contributed by atoms with E-state index in [-0.39, 0.29) is 11.5 Å². The van der Waals surface area contributed by atoms with E-state index in [0.717, 1.165) is 24.8 Å². The highest BCUT2D eigenvalue weighted by molar-refractivity contribution is 5.83. The normalized spacial score (nSPS) is 18.9. The Morgan fingerprint density at radius 3 is 2.44 bits per heavy atom. The summed E-state index contributed by atoms with van der Waals surface area (Å²) >= 11 is 0. The van der Waals surface area contributed by atoms with E-state index in [0.29, 0.717) is 0 Å². The summed E-state index contributed by atoms with van der Waals surface area (Å²) in [7, 11) is 0. The van der Waals surface area contributed by atoms with Gasteiger partial charge in [0.2, 0.25) is 0 Å². The van der Waals surface area contributed by atoms with Crippen molar-refractivity contribution in [2.45, 2.75) is 25.3 Å². The van der Waals surface area contributed by atoms with Crippen molar-refractivity contribution in [2.24, 2.45) is 11.1 Å². The number of hydrogen-bond acceptors (Lipinski definition) is 2. The molecular weight excluding hydrogens is 220 g/mol. The highest BCUT2D eigenvalue weighted by Gasteiger charge is 2.43. The standard InChI is InChI=1S/C16H16N2/c17-11-16(8-3-9-16)15(18)14-7-6-12-4-1-2-5-13(12)10-14/h1-2,4-7,10,15H,3,8-9,18H2. The largest absolute Gasteiger partial charge is 0.323 e. The minimum Gasteiger partial charge on any atom is -0.323 e. The van der Waals surface area contributed by atoms with Crippen LogP contribution in [-0.2, 0) is 0 Å². The minimum absolute atomic E-state index is 0.166. The van der Waals surface area contributed by atoms with Crippen molar-refractivity contribution in [3.05, 3.63) is 48.0 Å². The van der Waals surface area contributed by atoms with Crippen LogP contribution in [0.1, 0.15) is 30.9 Å². The maximum Gasteiger partial charge on any atom is 0.0766 e. The summed E-state index contributed by atoms with van der Waals surface area (Å²) in [5.41, 5.74) is 7.06. The van der Waals surface area contributed by atoms with Gasteiger partial charge in [0.25, 0.3) is 0 Å². The first-order chi connectivity index (χ1) is 8.75. The van der Waals surface area contributed by atoms with Crippen LogP contribution >= 0.6 is 0 Å². The molecule has 2 nitrogen and oxygen atoms in total. The predicted octanol–water partition coefficient (Wildman–Crippen LogP) is 3.53. The maximum atomic E-state index is 9.35. The van der Waals surface area contributed by atoms with Crippen LogP contribution in [0.2, 0.25) is 0 Å². The summed E-state index contributed by atoms with van der Waals surface area (Å²) < 4.78 is 0. The Morgan fingerprint density at radius 1 is 1.11 bits per heavy atom. The molecule has 0 bridgehead atoms. The molecule has 0 aliphatic heterocycles. The van der Waals surface area contributed by atoms with E-state index in [1.54, 1.807) is 0 Å². The second-order valence-corrected chi connectivity index (χ2v) is 5.21. The fourth-order valence-corrected chi connectivity index (χ4v) is 2.77. The van der Waals surface area contributed by atoms with Crippen molar-refractivity contribution in [1.29, 1.82) is 5.26 Å². The Balaban J connectivity index is 2.02. The van der Waals surface area contributed by atoms with Crippen molar-refractivity contribution in [2.75, 3.05) is 0 Å². The smallest absolute Gasteiger partial charge is 0.0766 e. The highest BCUT2D eigenvalue weighted by atomic mass is 14.7. The van der Waals surface area contributed by atoms with Gasteiger partial charge in [-0.15, -0.1) is 0 Å². The second kappa shape index (κ2) is 4.12. The zero-order chi connectivity index (χ0) is 12.6. The number of hydrogen-bond donors (Lipinski definition) is 1. The molecule has 2 heteroatoms. The van der Waals surface area contributed by atoms with Gasteiger partial charge >= 0.3 is 0 Å². The number of nitrogens with two attached hydrogens (primary N) is 1. The minimum atomic E-state index is -0.331. The lowest BCUT2D eigenvalue weighted by atomic mass is 9.63. The number of nitriles is 1. The Morgan fingerprint density at radius 2 is 1.83 bits per heavy atom. The SMILES string of the molecule is N#CC1(C(N)c2ccc3ccccc3c2)CCC1.